The number of nitrogens with zero attached hydrogens (tertiary/aromatic N) is 1. The molecule has 2 aromatic carbocycles. The second-order valence-corrected chi connectivity index (χ2v) is 5.74. The summed E-state index contributed by atoms with van der Waals surface area (Å²) in [7, 11) is 0. The van der Waals surface area contributed by atoms with Gasteiger partial charge in [0.15, 0.2) is 0 Å². The minimum Gasteiger partial charge on any atom is -0.307 e. The maximum absolute atomic E-state index is 9.29. The third kappa shape index (κ3) is 2.36. The Bertz CT molecular complexity index is 670. The number of hydrogen-bond donors (Lipinski definition) is 1. The topological polar surface area (TPSA) is 47.6 Å². The summed E-state index contributed by atoms with van der Waals surface area (Å²) in [5, 5.41) is 17.9. The van der Waals surface area contributed by atoms with E-state index in [4.69, 9.17) is 5.41 Å². The van der Waals surface area contributed by atoms with Crippen molar-refractivity contribution in [1.29, 1.82) is 10.7 Å². The summed E-state index contributed by atoms with van der Waals surface area (Å²) in [6, 6.07) is 22.8. The highest BCUT2D eigenvalue weighted by atomic mass is 14.6. The van der Waals surface area contributed by atoms with E-state index in [1.54, 1.807) is 0 Å². The largest absolute Gasteiger partial charge is 0.307 e. The highest BCUT2D eigenvalue weighted by molar-refractivity contribution is 5.98. The second kappa shape index (κ2) is 5.54. The van der Waals surface area contributed by atoms with Gasteiger partial charge in [-0.15, -0.1) is 0 Å². The molecule has 2 atom stereocenters. The molecule has 1 N–H and O–H groups in total. The summed E-state index contributed by atoms with van der Waals surface area (Å²) in [5.41, 5.74) is 2.66. The van der Waals surface area contributed by atoms with Crippen LogP contribution in [0.4, 0.5) is 0 Å². The Morgan fingerprint density at radius 1 is 1.05 bits per heavy atom. The van der Waals surface area contributed by atoms with Gasteiger partial charge in [-0.3, -0.25) is 0 Å². The van der Waals surface area contributed by atoms with Gasteiger partial charge in [0.1, 0.15) is 0 Å². The number of nitrogens with one attached hydrogen (secondary N) is 1. The highest BCUT2D eigenvalue weighted by Crippen LogP contribution is 2.43. The van der Waals surface area contributed by atoms with Gasteiger partial charge in [0, 0.05) is 11.1 Å². The molecule has 1 saturated carbocycles. The quantitative estimate of drug-likeness (QED) is 0.899. The molecule has 3 rings (SSSR count). The number of hydrogen-bond acceptors (Lipinski definition) is 2. The van der Waals surface area contributed by atoms with E-state index in [-0.39, 0.29) is 11.3 Å². The van der Waals surface area contributed by atoms with Crippen molar-refractivity contribution in [2.75, 3.05) is 0 Å². The van der Waals surface area contributed by atoms with E-state index in [0.717, 1.165) is 24.8 Å². The smallest absolute Gasteiger partial charge is 0.0848 e. The maximum Gasteiger partial charge on any atom is 0.0848 e. The molecule has 1 aliphatic carbocycles. The summed E-state index contributed by atoms with van der Waals surface area (Å²) in [6.45, 7) is 0. The molecule has 0 saturated heterocycles. The third-order valence-electron chi connectivity index (χ3n) is 4.55. The summed E-state index contributed by atoms with van der Waals surface area (Å²) in [4.78, 5) is 0. The number of benzene rings is 2. The van der Waals surface area contributed by atoms with Gasteiger partial charge in [0.25, 0.3) is 0 Å². The molecule has 1 fully saturated rings. The lowest BCUT2D eigenvalue weighted by atomic mass is 9.72. The Morgan fingerprint density at radius 3 is 2.24 bits per heavy atom. The van der Waals surface area contributed by atoms with Crippen molar-refractivity contribution in [1.82, 2.24) is 0 Å². The first-order valence-corrected chi connectivity index (χ1v) is 7.34. The number of nitriles is 1. The summed E-state index contributed by atoms with van der Waals surface area (Å²) >= 11 is 0. The SMILES string of the molecule is N#CC1CCC(Cc2ccccc2)(c2ccccc2)C1=N. The van der Waals surface area contributed by atoms with Gasteiger partial charge in [-0.1, -0.05) is 60.7 Å². The molecule has 21 heavy (non-hydrogen) atoms. The van der Waals surface area contributed by atoms with Gasteiger partial charge < -0.3 is 5.41 Å². The first-order valence-electron chi connectivity index (χ1n) is 7.34. The molecular weight excluding hydrogens is 256 g/mol. The van der Waals surface area contributed by atoms with E-state index >= 15 is 0 Å². The van der Waals surface area contributed by atoms with E-state index in [2.05, 4.69) is 30.3 Å². The molecule has 2 heteroatoms. The fourth-order valence-corrected chi connectivity index (χ4v) is 3.42. The van der Waals surface area contributed by atoms with E-state index in [0.29, 0.717) is 5.71 Å². The zero-order valence-electron chi connectivity index (χ0n) is 11.9. The molecule has 2 nitrogen and oxygen atoms in total. The molecule has 104 valence electrons. The third-order valence-corrected chi connectivity index (χ3v) is 4.55. The van der Waals surface area contributed by atoms with Crippen molar-refractivity contribution in [3.05, 3.63) is 71.8 Å². The molecule has 0 aromatic heterocycles. The fraction of sp³-hybridized carbons (Fsp3) is 0.263. The normalized spacial score (nSPS) is 24.7. The zero-order valence-corrected chi connectivity index (χ0v) is 11.9. The van der Waals surface area contributed by atoms with Crippen LogP contribution in [0.1, 0.15) is 24.0 Å². The lowest BCUT2D eigenvalue weighted by Gasteiger charge is -2.30. The van der Waals surface area contributed by atoms with Crippen LogP contribution in [0.25, 0.3) is 0 Å². The lowest BCUT2D eigenvalue weighted by Crippen LogP contribution is -2.35. The van der Waals surface area contributed by atoms with Crippen LogP contribution in [0.3, 0.4) is 0 Å². The van der Waals surface area contributed by atoms with Gasteiger partial charge >= 0.3 is 0 Å². The Morgan fingerprint density at radius 2 is 1.67 bits per heavy atom. The Labute approximate surface area is 125 Å². The van der Waals surface area contributed by atoms with Crippen LogP contribution in [0, 0.1) is 22.7 Å². The maximum atomic E-state index is 9.29. The predicted octanol–water partition coefficient (Wildman–Crippen LogP) is 4.12. The van der Waals surface area contributed by atoms with Crippen LogP contribution in [0.5, 0.6) is 0 Å². The predicted molar refractivity (Wildman–Crippen MR) is 84.3 cm³/mol. The Kier molecular flexibility index (Phi) is 3.58. The van der Waals surface area contributed by atoms with Gasteiger partial charge in [-0.25, -0.2) is 0 Å². The van der Waals surface area contributed by atoms with Gasteiger partial charge in [0.2, 0.25) is 0 Å². The van der Waals surface area contributed by atoms with Crippen LogP contribution in [0.2, 0.25) is 0 Å². The molecule has 0 amide bonds. The standard InChI is InChI=1S/C19H18N2/c20-14-16-11-12-19(18(16)21,17-9-5-2-6-10-17)13-15-7-3-1-4-8-15/h1-10,16,21H,11-13H2. The van der Waals surface area contributed by atoms with Crippen molar-refractivity contribution in [3.8, 4) is 6.07 Å². The average molecular weight is 274 g/mol. The lowest BCUT2D eigenvalue weighted by molar-refractivity contribution is 0.551. The first kappa shape index (κ1) is 13.6. The van der Waals surface area contributed by atoms with Gasteiger partial charge in [-0.2, -0.15) is 5.26 Å². The van der Waals surface area contributed by atoms with Crippen molar-refractivity contribution in [2.45, 2.75) is 24.7 Å². The van der Waals surface area contributed by atoms with Crippen LogP contribution >= 0.6 is 0 Å². The molecule has 0 aliphatic heterocycles. The van der Waals surface area contributed by atoms with E-state index in [9.17, 15) is 5.26 Å². The highest BCUT2D eigenvalue weighted by Gasteiger charge is 2.45. The van der Waals surface area contributed by atoms with Crippen molar-refractivity contribution < 1.29 is 0 Å². The van der Waals surface area contributed by atoms with Crippen molar-refractivity contribution in [3.63, 3.8) is 0 Å². The molecule has 0 heterocycles. The molecule has 2 unspecified atom stereocenters. The average Bonchev–Trinajstić information content (AvgIpc) is 2.86. The van der Waals surface area contributed by atoms with Crippen LogP contribution in [-0.4, -0.2) is 5.71 Å². The second-order valence-electron chi connectivity index (χ2n) is 5.74. The van der Waals surface area contributed by atoms with E-state index in [1.807, 2.05) is 36.4 Å². The summed E-state index contributed by atoms with van der Waals surface area (Å²) < 4.78 is 0. The monoisotopic (exact) mass is 274 g/mol. The molecule has 0 spiro atoms. The Balaban J connectivity index is 2.05. The summed E-state index contributed by atoms with van der Waals surface area (Å²) in [5.74, 6) is -0.242. The molecule has 0 radical (unpaired) electrons. The van der Waals surface area contributed by atoms with Crippen LogP contribution in [0.15, 0.2) is 60.7 Å². The van der Waals surface area contributed by atoms with Crippen LogP contribution < -0.4 is 0 Å². The molecule has 2 aromatic rings. The van der Waals surface area contributed by atoms with Crippen LogP contribution in [-0.2, 0) is 11.8 Å². The molecule has 1 aliphatic rings. The Hall–Kier alpha value is -2.40. The number of rotatable bonds is 3. The summed E-state index contributed by atoms with van der Waals surface area (Å²) in [6.07, 6.45) is 2.47. The molecular formula is C19H18N2. The van der Waals surface area contributed by atoms with Crippen molar-refractivity contribution >= 4 is 5.71 Å². The molecule has 0 bridgehead atoms. The fourth-order valence-electron chi connectivity index (χ4n) is 3.42. The van der Waals surface area contributed by atoms with Crippen molar-refractivity contribution in [2.24, 2.45) is 5.92 Å². The minimum atomic E-state index is -0.316. The first-order chi connectivity index (χ1) is 10.3. The van der Waals surface area contributed by atoms with E-state index < -0.39 is 0 Å². The van der Waals surface area contributed by atoms with E-state index in [1.165, 1.54) is 5.56 Å². The van der Waals surface area contributed by atoms with Gasteiger partial charge in [0.05, 0.1) is 12.0 Å². The zero-order chi connectivity index (χ0) is 14.7. The minimum absolute atomic E-state index is 0.242. The van der Waals surface area contributed by atoms with Gasteiger partial charge in [-0.05, 0) is 30.4 Å².